The van der Waals surface area contributed by atoms with Gasteiger partial charge in [0.15, 0.2) is 0 Å². The molecule has 1 unspecified atom stereocenters. The van der Waals surface area contributed by atoms with Gasteiger partial charge in [-0.15, -0.1) is 11.3 Å². The van der Waals surface area contributed by atoms with Crippen molar-refractivity contribution in [2.24, 2.45) is 0 Å². The van der Waals surface area contributed by atoms with E-state index in [-0.39, 0.29) is 24.9 Å². The van der Waals surface area contributed by atoms with E-state index in [0.717, 1.165) is 0 Å². The van der Waals surface area contributed by atoms with Gasteiger partial charge in [0.2, 0.25) is 5.91 Å². The zero-order chi connectivity index (χ0) is 14.5. The van der Waals surface area contributed by atoms with E-state index in [1.165, 1.54) is 30.2 Å². The smallest absolute Gasteiger partial charge is 0.264 e. The molecular formula is C12H18N2O4S. The summed E-state index contributed by atoms with van der Waals surface area (Å²) in [5, 5.41) is 22.6. The molecule has 106 valence electrons. The summed E-state index contributed by atoms with van der Waals surface area (Å²) in [4.78, 5) is 25.3. The predicted octanol–water partition coefficient (Wildman–Crippen LogP) is -0.320. The molecule has 1 aromatic rings. The van der Waals surface area contributed by atoms with Crippen LogP contribution in [0.1, 0.15) is 16.6 Å². The van der Waals surface area contributed by atoms with Crippen LogP contribution in [-0.2, 0) is 4.79 Å². The van der Waals surface area contributed by atoms with Crippen LogP contribution < -0.4 is 5.32 Å². The Bertz CT molecular complexity index is 431. The third-order valence-corrected chi connectivity index (χ3v) is 3.32. The van der Waals surface area contributed by atoms with Crippen molar-refractivity contribution in [1.82, 2.24) is 10.2 Å². The first-order valence-corrected chi connectivity index (χ1v) is 6.62. The largest absolute Gasteiger partial charge is 0.393 e. The van der Waals surface area contributed by atoms with Crippen molar-refractivity contribution in [2.45, 2.75) is 12.5 Å². The molecule has 1 rings (SSSR count). The summed E-state index contributed by atoms with van der Waals surface area (Å²) in [6.07, 6.45) is 0. The molecular weight excluding hydrogens is 268 g/mol. The maximum absolute atomic E-state index is 11.9. The van der Waals surface area contributed by atoms with Gasteiger partial charge in [0, 0.05) is 13.6 Å². The fourth-order valence-corrected chi connectivity index (χ4v) is 1.99. The maximum Gasteiger partial charge on any atom is 0.264 e. The molecule has 0 aliphatic heterocycles. The van der Waals surface area contributed by atoms with E-state index in [9.17, 15) is 14.7 Å². The molecule has 0 fully saturated rings. The number of hydrogen-bond donors (Lipinski definition) is 3. The van der Waals surface area contributed by atoms with Crippen LogP contribution in [-0.4, -0.2) is 59.3 Å². The standard InChI is InChI=1S/C12H18N2O4S/c1-12(18,8-15)7-13-10(16)6-14(2)11(17)9-4-3-5-19-9/h3-5,15,18H,6-8H2,1-2H3,(H,13,16). The molecule has 1 heterocycles. The summed E-state index contributed by atoms with van der Waals surface area (Å²) in [7, 11) is 1.53. The van der Waals surface area contributed by atoms with E-state index in [0.29, 0.717) is 4.88 Å². The average molecular weight is 286 g/mol. The third kappa shape index (κ3) is 4.98. The van der Waals surface area contributed by atoms with Crippen LogP contribution in [0.5, 0.6) is 0 Å². The van der Waals surface area contributed by atoms with Gasteiger partial charge in [0.25, 0.3) is 5.91 Å². The number of aliphatic hydroxyl groups is 2. The van der Waals surface area contributed by atoms with Gasteiger partial charge in [-0.25, -0.2) is 0 Å². The minimum atomic E-state index is -1.36. The van der Waals surface area contributed by atoms with Crippen LogP contribution in [0, 0.1) is 0 Å². The molecule has 19 heavy (non-hydrogen) atoms. The first-order valence-electron chi connectivity index (χ1n) is 5.74. The summed E-state index contributed by atoms with van der Waals surface area (Å²) in [5.74, 6) is -0.611. The van der Waals surface area contributed by atoms with Crippen LogP contribution >= 0.6 is 11.3 Å². The predicted molar refractivity (Wildman–Crippen MR) is 72.0 cm³/mol. The third-order valence-electron chi connectivity index (χ3n) is 2.47. The van der Waals surface area contributed by atoms with Crippen LogP contribution in [0.25, 0.3) is 0 Å². The summed E-state index contributed by atoms with van der Waals surface area (Å²) in [5.41, 5.74) is -1.36. The van der Waals surface area contributed by atoms with Gasteiger partial charge < -0.3 is 20.4 Å². The number of thiophene rings is 1. The maximum atomic E-state index is 11.9. The Labute approximate surface area is 115 Å². The Morgan fingerprint density at radius 3 is 2.74 bits per heavy atom. The molecule has 0 bridgehead atoms. The lowest BCUT2D eigenvalue weighted by Gasteiger charge is -2.22. The second kappa shape index (κ2) is 6.65. The fraction of sp³-hybridized carbons (Fsp3) is 0.500. The number of likely N-dealkylation sites (N-methyl/N-ethyl adjacent to an activating group) is 1. The molecule has 6 nitrogen and oxygen atoms in total. The first-order chi connectivity index (χ1) is 8.85. The molecule has 2 amide bonds. The molecule has 0 spiro atoms. The van der Waals surface area contributed by atoms with Gasteiger partial charge in [0.1, 0.15) is 5.60 Å². The Hall–Kier alpha value is -1.44. The van der Waals surface area contributed by atoms with E-state index in [4.69, 9.17) is 5.11 Å². The summed E-state index contributed by atoms with van der Waals surface area (Å²) in [6.45, 7) is 0.798. The monoisotopic (exact) mass is 286 g/mol. The highest BCUT2D eigenvalue weighted by atomic mass is 32.1. The second-order valence-electron chi connectivity index (χ2n) is 4.57. The SMILES string of the molecule is CN(CC(=O)NCC(C)(O)CO)C(=O)c1cccs1. The second-order valence-corrected chi connectivity index (χ2v) is 5.52. The van der Waals surface area contributed by atoms with Gasteiger partial charge >= 0.3 is 0 Å². The fourth-order valence-electron chi connectivity index (χ4n) is 1.28. The van der Waals surface area contributed by atoms with Gasteiger partial charge in [-0.05, 0) is 18.4 Å². The molecule has 3 N–H and O–H groups in total. The van der Waals surface area contributed by atoms with Crippen molar-refractivity contribution in [3.05, 3.63) is 22.4 Å². The topological polar surface area (TPSA) is 89.9 Å². The highest BCUT2D eigenvalue weighted by Gasteiger charge is 2.21. The quantitative estimate of drug-likeness (QED) is 0.668. The van der Waals surface area contributed by atoms with Crippen molar-refractivity contribution < 1.29 is 19.8 Å². The van der Waals surface area contributed by atoms with Gasteiger partial charge in [-0.1, -0.05) is 6.07 Å². The summed E-state index contributed by atoms with van der Waals surface area (Å²) in [6, 6.07) is 3.46. The zero-order valence-corrected chi connectivity index (χ0v) is 11.7. The van der Waals surface area contributed by atoms with E-state index >= 15 is 0 Å². The van der Waals surface area contributed by atoms with Crippen molar-refractivity contribution in [3.63, 3.8) is 0 Å². The molecule has 0 aliphatic rings. The number of carbonyl (C=O) groups excluding carboxylic acids is 2. The van der Waals surface area contributed by atoms with Crippen molar-refractivity contribution >= 4 is 23.2 Å². The van der Waals surface area contributed by atoms with Crippen LogP contribution in [0.3, 0.4) is 0 Å². The van der Waals surface area contributed by atoms with Crippen LogP contribution in [0.2, 0.25) is 0 Å². The van der Waals surface area contributed by atoms with Crippen LogP contribution in [0.15, 0.2) is 17.5 Å². The number of aliphatic hydroxyl groups excluding tert-OH is 1. The minimum Gasteiger partial charge on any atom is -0.393 e. The minimum absolute atomic E-state index is 0.0661. The summed E-state index contributed by atoms with van der Waals surface area (Å²) >= 11 is 1.31. The average Bonchev–Trinajstić information content (AvgIpc) is 2.89. The van der Waals surface area contributed by atoms with Gasteiger partial charge in [-0.3, -0.25) is 9.59 Å². The molecule has 0 radical (unpaired) electrons. The lowest BCUT2D eigenvalue weighted by Crippen LogP contribution is -2.46. The molecule has 0 aromatic carbocycles. The molecule has 0 saturated carbocycles. The van der Waals surface area contributed by atoms with Crippen LogP contribution in [0.4, 0.5) is 0 Å². The van der Waals surface area contributed by atoms with Crippen molar-refractivity contribution in [2.75, 3.05) is 26.7 Å². The van der Waals surface area contributed by atoms with Crippen molar-refractivity contribution in [3.8, 4) is 0 Å². The molecule has 0 saturated heterocycles. The Morgan fingerprint density at radius 2 is 2.21 bits per heavy atom. The Morgan fingerprint density at radius 1 is 1.53 bits per heavy atom. The highest BCUT2D eigenvalue weighted by Crippen LogP contribution is 2.10. The number of carbonyl (C=O) groups is 2. The normalized spacial score (nSPS) is 13.7. The number of nitrogens with zero attached hydrogens (tertiary/aromatic N) is 1. The highest BCUT2D eigenvalue weighted by molar-refractivity contribution is 7.12. The number of rotatable bonds is 6. The van der Waals surface area contributed by atoms with Gasteiger partial charge in [0.05, 0.1) is 18.0 Å². The molecule has 1 aromatic heterocycles. The lowest BCUT2D eigenvalue weighted by molar-refractivity contribution is -0.123. The van der Waals surface area contributed by atoms with Crippen molar-refractivity contribution in [1.29, 1.82) is 0 Å². The lowest BCUT2D eigenvalue weighted by atomic mass is 10.1. The Kier molecular flexibility index (Phi) is 5.46. The number of nitrogens with one attached hydrogen (secondary N) is 1. The van der Waals surface area contributed by atoms with E-state index in [1.54, 1.807) is 17.5 Å². The number of hydrogen-bond acceptors (Lipinski definition) is 5. The van der Waals surface area contributed by atoms with E-state index < -0.39 is 12.2 Å². The number of amides is 2. The molecule has 7 heteroatoms. The zero-order valence-electron chi connectivity index (χ0n) is 10.9. The summed E-state index contributed by atoms with van der Waals surface area (Å²) < 4.78 is 0. The van der Waals surface area contributed by atoms with E-state index in [2.05, 4.69) is 5.32 Å². The van der Waals surface area contributed by atoms with Gasteiger partial charge in [-0.2, -0.15) is 0 Å². The first kappa shape index (κ1) is 15.6. The Balaban J connectivity index is 2.42. The molecule has 1 atom stereocenters. The molecule has 0 aliphatic carbocycles. The van der Waals surface area contributed by atoms with E-state index in [1.807, 2.05) is 0 Å².